The standard InChI is InChI=1S/C13H19O/c1-2-7-12(10-6-11-14)13-8-4-3-5-9-13/h3-5,8-9,12H,2,6-7,10-11H2,1H3. The number of benzene rings is 1. The molecule has 0 aliphatic heterocycles. The number of hydrogen-bond acceptors (Lipinski definition) is 0. The molecule has 0 fully saturated rings. The van der Waals surface area contributed by atoms with Gasteiger partial charge in [-0.25, -0.2) is 5.11 Å². The van der Waals surface area contributed by atoms with Gasteiger partial charge in [0.25, 0.3) is 0 Å². The Morgan fingerprint density at radius 2 is 1.86 bits per heavy atom. The van der Waals surface area contributed by atoms with Crippen LogP contribution in [-0.4, -0.2) is 6.61 Å². The fourth-order valence-corrected chi connectivity index (χ4v) is 1.88. The SMILES string of the molecule is CCCC(CCC[O])c1ccccc1. The lowest BCUT2D eigenvalue weighted by molar-refractivity contribution is 0.183. The van der Waals surface area contributed by atoms with Gasteiger partial charge in [0.05, 0.1) is 6.61 Å². The Hall–Kier alpha value is -0.820. The van der Waals surface area contributed by atoms with Crippen molar-refractivity contribution in [1.29, 1.82) is 0 Å². The van der Waals surface area contributed by atoms with Crippen molar-refractivity contribution in [1.82, 2.24) is 0 Å². The van der Waals surface area contributed by atoms with Crippen LogP contribution >= 0.6 is 0 Å². The third kappa shape index (κ3) is 3.51. The van der Waals surface area contributed by atoms with E-state index in [4.69, 9.17) is 0 Å². The maximum Gasteiger partial charge on any atom is 0.0822 e. The predicted molar refractivity (Wildman–Crippen MR) is 58.9 cm³/mol. The zero-order chi connectivity index (χ0) is 10.2. The Labute approximate surface area is 86.8 Å². The first-order valence-electron chi connectivity index (χ1n) is 5.51. The molecule has 1 atom stereocenters. The molecule has 0 amide bonds. The minimum absolute atomic E-state index is 0.0625. The van der Waals surface area contributed by atoms with Gasteiger partial charge in [0, 0.05) is 0 Å². The summed E-state index contributed by atoms with van der Waals surface area (Å²) in [6.07, 6.45) is 4.24. The lowest BCUT2D eigenvalue weighted by atomic mass is 9.90. The average molecular weight is 191 g/mol. The summed E-state index contributed by atoms with van der Waals surface area (Å²) < 4.78 is 0. The molecule has 0 N–H and O–H groups in total. The molecule has 0 aromatic heterocycles. The smallest absolute Gasteiger partial charge is 0.0822 e. The van der Waals surface area contributed by atoms with E-state index >= 15 is 0 Å². The lowest BCUT2D eigenvalue weighted by Crippen LogP contribution is -1.99. The average Bonchev–Trinajstić information content (AvgIpc) is 2.25. The zero-order valence-electron chi connectivity index (χ0n) is 8.91. The van der Waals surface area contributed by atoms with E-state index in [-0.39, 0.29) is 6.61 Å². The van der Waals surface area contributed by atoms with Crippen LogP contribution in [0, 0.1) is 0 Å². The Kier molecular flexibility index (Phi) is 5.31. The van der Waals surface area contributed by atoms with E-state index in [1.807, 2.05) is 6.07 Å². The molecule has 77 valence electrons. The third-order valence-corrected chi connectivity index (χ3v) is 2.61. The van der Waals surface area contributed by atoms with Crippen LogP contribution in [0.3, 0.4) is 0 Å². The molecular weight excluding hydrogens is 172 g/mol. The van der Waals surface area contributed by atoms with Crippen LogP contribution in [0.5, 0.6) is 0 Å². The highest BCUT2D eigenvalue weighted by Gasteiger charge is 2.09. The van der Waals surface area contributed by atoms with Crippen LogP contribution in [-0.2, 0) is 5.11 Å². The van der Waals surface area contributed by atoms with Crippen molar-refractivity contribution in [2.75, 3.05) is 6.61 Å². The minimum Gasteiger partial charge on any atom is -0.237 e. The second kappa shape index (κ2) is 6.61. The normalized spacial score (nSPS) is 12.7. The van der Waals surface area contributed by atoms with Crippen LogP contribution < -0.4 is 0 Å². The Morgan fingerprint density at radius 1 is 1.14 bits per heavy atom. The maximum atomic E-state index is 10.5. The maximum absolute atomic E-state index is 10.5. The van der Waals surface area contributed by atoms with Gasteiger partial charge in [-0.2, -0.15) is 0 Å². The molecule has 0 aliphatic rings. The van der Waals surface area contributed by atoms with Gasteiger partial charge in [-0.1, -0.05) is 43.7 Å². The van der Waals surface area contributed by atoms with E-state index < -0.39 is 0 Å². The van der Waals surface area contributed by atoms with E-state index in [1.54, 1.807) is 0 Å². The largest absolute Gasteiger partial charge is 0.237 e. The van der Waals surface area contributed by atoms with Gasteiger partial charge in [-0.3, -0.25) is 0 Å². The van der Waals surface area contributed by atoms with Gasteiger partial charge < -0.3 is 0 Å². The van der Waals surface area contributed by atoms with Crippen molar-refractivity contribution < 1.29 is 5.11 Å². The van der Waals surface area contributed by atoms with Crippen molar-refractivity contribution in [3.05, 3.63) is 35.9 Å². The number of rotatable bonds is 6. The summed E-state index contributed by atoms with van der Waals surface area (Å²) in [5, 5.41) is 10.5. The molecule has 0 saturated heterocycles. The van der Waals surface area contributed by atoms with Gasteiger partial charge in [-0.15, -0.1) is 0 Å². The highest BCUT2D eigenvalue weighted by molar-refractivity contribution is 5.19. The van der Waals surface area contributed by atoms with Crippen LogP contribution in [0.25, 0.3) is 0 Å². The lowest BCUT2D eigenvalue weighted by Gasteiger charge is -2.15. The topological polar surface area (TPSA) is 19.9 Å². The monoisotopic (exact) mass is 191 g/mol. The van der Waals surface area contributed by atoms with Crippen molar-refractivity contribution >= 4 is 0 Å². The molecule has 0 heterocycles. The van der Waals surface area contributed by atoms with E-state index in [0.717, 1.165) is 12.8 Å². The van der Waals surface area contributed by atoms with Crippen LogP contribution in [0.4, 0.5) is 0 Å². The van der Waals surface area contributed by atoms with E-state index in [1.165, 1.54) is 18.4 Å². The molecule has 14 heavy (non-hydrogen) atoms. The molecule has 0 bridgehead atoms. The highest BCUT2D eigenvalue weighted by atomic mass is 16.2. The molecule has 1 unspecified atom stereocenters. The van der Waals surface area contributed by atoms with E-state index in [2.05, 4.69) is 31.2 Å². The first-order chi connectivity index (χ1) is 6.88. The van der Waals surface area contributed by atoms with Gasteiger partial charge in [0.15, 0.2) is 0 Å². The van der Waals surface area contributed by atoms with Crippen molar-refractivity contribution in [3.8, 4) is 0 Å². The van der Waals surface area contributed by atoms with Crippen LogP contribution in [0.1, 0.15) is 44.1 Å². The summed E-state index contributed by atoms with van der Waals surface area (Å²) in [7, 11) is 0. The molecule has 0 aliphatic carbocycles. The first kappa shape index (κ1) is 11.3. The molecule has 0 spiro atoms. The molecule has 1 nitrogen and oxygen atoms in total. The summed E-state index contributed by atoms with van der Waals surface area (Å²) in [4.78, 5) is 0. The third-order valence-electron chi connectivity index (χ3n) is 2.61. The summed E-state index contributed by atoms with van der Waals surface area (Å²) in [5.74, 6) is 0.593. The second-order valence-electron chi connectivity index (χ2n) is 3.74. The quantitative estimate of drug-likeness (QED) is 0.652. The van der Waals surface area contributed by atoms with E-state index in [9.17, 15) is 5.11 Å². The fraction of sp³-hybridized carbons (Fsp3) is 0.538. The van der Waals surface area contributed by atoms with Gasteiger partial charge >= 0.3 is 0 Å². The van der Waals surface area contributed by atoms with E-state index in [0.29, 0.717) is 5.92 Å². The Balaban J connectivity index is 2.58. The second-order valence-corrected chi connectivity index (χ2v) is 3.74. The zero-order valence-corrected chi connectivity index (χ0v) is 8.91. The molecule has 0 saturated carbocycles. The van der Waals surface area contributed by atoms with Gasteiger partial charge in [0.1, 0.15) is 0 Å². The summed E-state index contributed by atoms with van der Waals surface area (Å²) in [6.45, 7) is 2.26. The molecule has 1 aromatic carbocycles. The molecule has 1 rings (SSSR count). The predicted octanol–water partition coefficient (Wildman–Crippen LogP) is 3.78. The van der Waals surface area contributed by atoms with Crippen molar-refractivity contribution in [2.24, 2.45) is 0 Å². The molecule has 1 aromatic rings. The van der Waals surface area contributed by atoms with Gasteiger partial charge in [0.2, 0.25) is 0 Å². The summed E-state index contributed by atoms with van der Waals surface area (Å²) in [6, 6.07) is 10.5. The molecule has 1 radical (unpaired) electrons. The first-order valence-corrected chi connectivity index (χ1v) is 5.51. The summed E-state index contributed by atoms with van der Waals surface area (Å²) in [5.41, 5.74) is 1.39. The van der Waals surface area contributed by atoms with Crippen LogP contribution in [0.2, 0.25) is 0 Å². The number of hydrogen-bond donors (Lipinski definition) is 0. The fourth-order valence-electron chi connectivity index (χ4n) is 1.88. The Morgan fingerprint density at radius 3 is 2.43 bits per heavy atom. The Bertz CT molecular complexity index is 230. The molecular formula is C13H19O. The van der Waals surface area contributed by atoms with Crippen molar-refractivity contribution in [3.63, 3.8) is 0 Å². The highest BCUT2D eigenvalue weighted by Crippen LogP contribution is 2.25. The summed E-state index contributed by atoms with van der Waals surface area (Å²) >= 11 is 0. The van der Waals surface area contributed by atoms with Crippen molar-refractivity contribution in [2.45, 2.75) is 38.5 Å². The van der Waals surface area contributed by atoms with Crippen LogP contribution in [0.15, 0.2) is 30.3 Å². The minimum atomic E-state index is 0.0625. The molecule has 1 heteroatoms. The van der Waals surface area contributed by atoms with Gasteiger partial charge in [-0.05, 0) is 30.7 Å².